The third-order valence-corrected chi connectivity index (χ3v) is 6.13. The van der Waals surface area contributed by atoms with Gasteiger partial charge in [0, 0.05) is 35.9 Å². The minimum absolute atomic E-state index is 0.00346. The van der Waals surface area contributed by atoms with Crippen molar-refractivity contribution in [2.45, 2.75) is 44.3 Å². The smallest absolute Gasteiger partial charge is 0.339 e. The molecule has 1 aliphatic carbocycles. The topological polar surface area (TPSA) is 78.5 Å². The normalized spacial score (nSPS) is 19.1. The molecule has 174 valence electrons. The number of nitrogens with zero attached hydrogens (tertiary/aromatic N) is 1. The van der Waals surface area contributed by atoms with E-state index in [0.29, 0.717) is 12.2 Å². The molecule has 9 heteroatoms. The van der Waals surface area contributed by atoms with Crippen LogP contribution in [0.1, 0.15) is 48.0 Å². The second kappa shape index (κ2) is 9.25. The van der Waals surface area contributed by atoms with Crippen molar-refractivity contribution in [1.82, 2.24) is 4.90 Å². The number of benzene rings is 2. The molecule has 0 spiro atoms. The lowest BCUT2D eigenvalue weighted by Crippen LogP contribution is -2.35. The van der Waals surface area contributed by atoms with Crippen molar-refractivity contribution in [1.29, 1.82) is 0 Å². The van der Waals surface area contributed by atoms with E-state index in [-0.39, 0.29) is 35.5 Å². The van der Waals surface area contributed by atoms with E-state index in [1.54, 1.807) is 12.1 Å². The van der Waals surface area contributed by atoms with Crippen LogP contribution >= 0.6 is 0 Å². The van der Waals surface area contributed by atoms with E-state index >= 15 is 0 Å². The highest BCUT2D eigenvalue weighted by Crippen LogP contribution is 2.31. The summed E-state index contributed by atoms with van der Waals surface area (Å²) in [5, 5.41) is 5.20. The number of alkyl halides is 3. The van der Waals surface area contributed by atoms with E-state index in [0.717, 1.165) is 37.8 Å². The third-order valence-electron chi connectivity index (χ3n) is 6.13. The minimum atomic E-state index is -4.51. The Kier molecular flexibility index (Phi) is 6.40. The fourth-order valence-electron chi connectivity index (χ4n) is 4.44. The quantitative estimate of drug-likeness (QED) is 0.681. The highest BCUT2D eigenvalue weighted by molar-refractivity contribution is 6.05. The molecule has 4 rings (SSSR count). The number of amides is 3. The number of likely N-dealkylation sites (tertiary alicyclic amines) is 1. The summed E-state index contributed by atoms with van der Waals surface area (Å²) in [6.07, 6.45) is -0.203. The molecule has 1 atom stereocenters. The van der Waals surface area contributed by atoms with Gasteiger partial charge in [-0.05, 0) is 49.2 Å². The zero-order valence-electron chi connectivity index (χ0n) is 17.8. The molecule has 2 aromatic rings. The number of halogens is 3. The Hall–Kier alpha value is -3.36. The molecule has 1 aliphatic heterocycles. The maximum absolute atomic E-state index is 12.9. The number of hydrogen-bond donors (Lipinski definition) is 2. The molecule has 0 radical (unpaired) electrons. The molecule has 2 aliphatic rings. The van der Waals surface area contributed by atoms with Gasteiger partial charge in [-0.15, -0.1) is 0 Å². The van der Waals surface area contributed by atoms with Crippen LogP contribution < -0.4 is 10.6 Å². The lowest BCUT2D eigenvalue weighted by atomic mass is 10.1. The van der Waals surface area contributed by atoms with Crippen LogP contribution in [0.3, 0.4) is 0 Å². The zero-order chi connectivity index (χ0) is 23.6. The predicted molar refractivity (Wildman–Crippen MR) is 117 cm³/mol. The van der Waals surface area contributed by atoms with Gasteiger partial charge in [-0.2, -0.15) is 13.2 Å². The van der Waals surface area contributed by atoms with Gasteiger partial charge in [0.2, 0.25) is 11.8 Å². The highest BCUT2D eigenvalue weighted by Gasteiger charge is 2.38. The second-order valence-electron chi connectivity index (χ2n) is 8.49. The predicted octanol–water partition coefficient (Wildman–Crippen LogP) is 4.69. The fraction of sp³-hybridized carbons (Fsp3) is 0.375. The average Bonchev–Trinajstić information content (AvgIpc) is 3.43. The van der Waals surface area contributed by atoms with Gasteiger partial charge in [-0.1, -0.05) is 25.0 Å². The summed E-state index contributed by atoms with van der Waals surface area (Å²) in [6, 6.07) is 10.7. The molecule has 2 N–H and O–H groups in total. The summed E-state index contributed by atoms with van der Waals surface area (Å²) in [5.74, 6) is -1.36. The van der Waals surface area contributed by atoms with Crippen molar-refractivity contribution >= 4 is 29.1 Å². The first-order valence-corrected chi connectivity index (χ1v) is 10.9. The number of carbonyl (C=O) groups is 3. The van der Waals surface area contributed by atoms with Crippen molar-refractivity contribution in [2.75, 3.05) is 17.2 Å². The van der Waals surface area contributed by atoms with Gasteiger partial charge in [-0.3, -0.25) is 14.4 Å². The van der Waals surface area contributed by atoms with Gasteiger partial charge in [0.15, 0.2) is 0 Å². The monoisotopic (exact) mass is 459 g/mol. The van der Waals surface area contributed by atoms with E-state index in [1.807, 2.05) is 4.90 Å². The summed E-state index contributed by atoms with van der Waals surface area (Å²) in [4.78, 5) is 39.4. The third kappa shape index (κ3) is 5.35. The van der Waals surface area contributed by atoms with Gasteiger partial charge in [-0.25, -0.2) is 0 Å². The van der Waals surface area contributed by atoms with Crippen molar-refractivity contribution in [2.24, 2.45) is 5.92 Å². The molecule has 2 fully saturated rings. The Balaban J connectivity index is 1.39. The zero-order valence-corrected chi connectivity index (χ0v) is 17.8. The van der Waals surface area contributed by atoms with Crippen LogP contribution in [0.4, 0.5) is 24.5 Å². The van der Waals surface area contributed by atoms with Gasteiger partial charge >= 0.3 is 6.18 Å². The fourth-order valence-corrected chi connectivity index (χ4v) is 4.44. The second-order valence-corrected chi connectivity index (χ2v) is 8.49. The Morgan fingerprint density at radius 2 is 1.61 bits per heavy atom. The minimum Gasteiger partial charge on any atom is -0.339 e. The van der Waals surface area contributed by atoms with E-state index in [9.17, 15) is 27.6 Å². The molecule has 1 saturated heterocycles. The molecule has 0 unspecified atom stereocenters. The van der Waals surface area contributed by atoms with Crippen LogP contribution in [0.25, 0.3) is 0 Å². The summed E-state index contributed by atoms with van der Waals surface area (Å²) >= 11 is 0. The Morgan fingerprint density at radius 1 is 0.939 bits per heavy atom. The van der Waals surface area contributed by atoms with Gasteiger partial charge in [0.25, 0.3) is 5.91 Å². The van der Waals surface area contributed by atoms with Gasteiger partial charge < -0.3 is 15.5 Å². The van der Waals surface area contributed by atoms with E-state index in [4.69, 9.17) is 0 Å². The molecular formula is C24H24F3N3O3. The highest BCUT2D eigenvalue weighted by atomic mass is 19.4. The summed E-state index contributed by atoms with van der Waals surface area (Å²) < 4.78 is 38.7. The Labute approximate surface area is 189 Å². The average molecular weight is 459 g/mol. The van der Waals surface area contributed by atoms with Crippen molar-refractivity contribution in [3.05, 3.63) is 59.7 Å². The van der Waals surface area contributed by atoms with Crippen molar-refractivity contribution < 1.29 is 27.6 Å². The molecule has 0 aromatic heterocycles. The number of carbonyl (C=O) groups excluding carboxylic acids is 3. The van der Waals surface area contributed by atoms with Crippen molar-refractivity contribution in [3.63, 3.8) is 0 Å². The summed E-state index contributed by atoms with van der Waals surface area (Å²) in [5.41, 5.74) is -0.288. The first-order valence-electron chi connectivity index (χ1n) is 10.9. The number of hydrogen-bond acceptors (Lipinski definition) is 3. The molecule has 3 amide bonds. The van der Waals surface area contributed by atoms with Crippen LogP contribution in [0.2, 0.25) is 0 Å². The van der Waals surface area contributed by atoms with Gasteiger partial charge in [0.1, 0.15) is 0 Å². The Bertz CT molecular complexity index is 1060. The van der Waals surface area contributed by atoms with Crippen LogP contribution in [0.5, 0.6) is 0 Å². The maximum atomic E-state index is 12.9. The largest absolute Gasteiger partial charge is 0.416 e. The number of rotatable bonds is 5. The van der Waals surface area contributed by atoms with E-state index < -0.39 is 23.6 Å². The Morgan fingerprint density at radius 3 is 2.30 bits per heavy atom. The lowest BCUT2D eigenvalue weighted by molar-refractivity contribution is -0.137. The summed E-state index contributed by atoms with van der Waals surface area (Å²) in [6.45, 7) is 0.394. The molecule has 6 nitrogen and oxygen atoms in total. The summed E-state index contributed by atoms with van der Waals surface area (Å²) in [7, 11) is 0. The van der Waals surface area contributed by atoms with Crippen LogP contribution in [0.15, 0.2) is 48.5 Å². The van der Waals surface area contributed by atoms with Crippen molar-refractivity contribution in [3.8, 4) is 0 Å². The standard InChI is InChI=1S/C24H24F3N3O3/c25-24(26,27)17-6-4-8-19(13-17)29-22(32)15-5-3-7-18(11-15)28-23(33)16-12-21(31)30(14-16)20-9-1-2-10-20/h3-8,11,13,16,20H,1-2,9-10,12,14H2,(H,28,33)(H,29,32)/t16-/m0/s1. The molecule has 0 bridgehead atoms. The molecule has 1 heterocycles. The molecule has 33 heavy (non-hydrogen) atoms. The van der Waals surface area contributed by atoms with E-state index in [1.165, 1.54) is 24.3 Å². The molecule has 2 aromatic carbocycles. The SMILES string of the molecule is O=C(Nc1cccc(C(F)(F)F)c1)c1cccc(NC(=O)[C@H]2CC(=O)N(C3CCCC3)C2)c1. The maximum Gasteiger partial charge on any atom is 0.416 e. The first kappa shape index (κ1) is 22.8. The number of anilines is 2. The lowest BCUT2D eigenvalue weighted by Gasteiger charge is -2.23. The molecular weight excluding hydrogens is 435 g/mol. The van der Waals surface area contributed by atoms with Gasteiger partial charge in [0.05, 0.1) is 11.5 Å². The molecule has 1 saturated carbocycles. The number of nitrogens with one attached hydrogen (secondary N) is 2. The van der Waals surface area contributed by atoms with E-state index in [2.05, 4.69) is 10.6 Å². The first-order chi connectivity index (χ1) is 15.7. The van der Waals surface area contributed by atoms with Crippen LogP contribution in [0, 0.1) is 5.92 Å². The van der Waals surface area contributed by atoms with Crippen LogP contribution in [-0.2, 0) is 15.8 Å². The van der Waals surface area contributed by atoms with Crippen LogP contribution in [-0.4, -0.2) is 35.2 Å².